The molecule has 0 saturated carbocycles. The number of hydrogen-bond acceptors (Lipinski definition) is 2. The van der Waals surface area contributed by atoms with Crippen LogP contribution >= 0.6 is 15.9 Å². The lowest BCUT2D eigenvalue weighted by Gasteiger charge is -1.99. The van der Waals surface area contributed by atoms with Crippen molar-refractivity contribution in [2.24, 2.45) is 5.73 Å². The van der Waals surface area contributed by atoms with Gasteiger partial charge in [-0.25, -0.2) is 0 Å². The van der Waals surface area contributed by atoms with Crippen LogP contribution in [0.2, 0.25) is 0 Å². The molecule has 0 aromatic rings. The highest BCUT2D eigenvalue weighted by atomic mass is 79.9. The molecule has 0 rings (SSSR count). The van der Waals surface area contributed by atoms with E-state index in [1.165, 1.54) is 0 Å². The summed E-state index contributed by atoms with van der Waals surface area (Å²) in [6.07, 6.45) is 2.06. The van der Waals surface area contributed by atoms with Gasteiger partial charge in [0.15, 0.2) is 0 Å². The second-order valence-electron chi connectivity index (χ2n) is 1.80. The highest BCUT2D eigenvalue weighted by Crippen LogP contribution is 1.88. The minimum Gasteiger partial charge on any atom is -0.381 e. The zero-order valence-electron chi connectivity index (χ0n) is 5.61. The van der Waals surface area contributed by atoms with Gasteiger partial charge >= 0.3 is 0 Å². The first-order valence-electron chi connectivity index (χ1n) is 3.25. The van der Waals surface area contributed by atoms with E-state index in [1.807, 2.05) is 0 Å². The highest BCUT2D eigenvalue weighted by molar-refractivity contribution is 9.09. The average molecular weight is 196 g/mol. The Morgan fingerprint density at radius 2 is 1.89 bits per heavy atom. The van der Waals surface area contributed by atoms with Crippen LogP contribution in [0.25, 0.3) is 0 Å². The average Bonchev–Trinajstić information content (AvgIpc) is 1.89. The van der Waals surface area contributed by atoms with E-state index in [9.17, 15) is 0 Å². The van der Waals surface area contributed by atoms with Crippen LogP contribution in [0.1, 0.15) is 12.8 Å². The molecular formula is C6H14BrNO. The summed E-state index contributed by atoms with van der Waals surface area (Å²) in [6, 6.07) is 0. The fourth-order valence-electron chi connectivity index (χ4n) is 0.444. The van der Waals surface area contributed by atoms with Crippen LogP contribution in [-0.4, -0.2) is 25.1 Å². The van der Waals surface area contributed by atoms with Gasteiger partial charge in [0.2, 0.25) is 0 Å². The Kier molecular flexibility index (Phi) is 8.77. The Morgan fingerprint density at radius 1 is 1.22 bits per heavy atom. The maximum Gasteiger partial charge on any atom is 0.0478 e. The standard InChI is InChI=1S/C6H14BrNO/c7-3-1-5-9-6-2-4-8/h1-6,8H2. The number of ether oxygens (including phenoxy) is 1. The van der Waals surface area contributed by atoms with Crippen LogP contribution in [-0.2, 0) is 4.74 Å². The topological polar surface area (TPSA) is 35.2 Å². The molecule has 0 bridgehead atoms. The van der Waals surface area contributed by atoms with E-state index >= 15 is 0 Å². The normalized spacial score (nSPS) is 10.0. The third kappa shape index (κ3) is 8.40. The Morgan fingerprint density at radius 3 is 2.44 bits per heavy atom. The van der Waals surface area contributed by atoms with E-state index in [2.05, 4.69) is 15.9 Å². The molecule has 0 heterocycles. The van der Waals surface area contributed by atoms with Gasteiger partial charge in [-0.3, -0.25) is 0 Å². The van der Waals surface area contributed by atoms with E-state index in [0.29, 0.717) is 0 Å². The first-order chi connectivity index (χ1) is 4.41. The summed E-state index contributed by atoms with van der Waals surface area (Å²) in [5, 5.41) is 1.02. The third-order valence-corrected chi connectivity index (χ3v) is 1.48. The molecule has 0 aliphatic rings. The molecule has 0 amide bonds. The summed E-state index contributed by atoms with van der Waals surface area (Å²) in [6.45, 7) is 2.39. The number of alkyl halides is 1. The largest absolute Gasteiger partial charge is 0.381 e. The summed E-state index contributed by atoms with van der Waals surface area (Å²) in [5.74, 6) is 0. The Hall–Kier alpha value is 0.400. The number of nitrogens with two attached hydrogens (primary N) is 1. The van der Waals surface area contributed by atoms with Crippen LogP contribution in [0.15, 0.2) is 0 Å². The lowest BCUT2D eigenvalue weighted by atomic mass is 10.4. The zero-order chi connectivity index (χ0) is 6.95. The predicted octanol–water partition coefficient (Wildman–Crippen LogP) is 1.14. The quantitative estimate of drug-likeness (QED) is 0.510. The number of halogens is 1. The van der Waals surface area contributed by atoms with Crippen molar-refractivity contribution >= 4 is 15.9 Å². The second kappa shape index (κ2) is 8.40. The van der Waals surface area contributed by atoms with E-state index in [-0.39, 0.29) is 0 Å². The third-order valence-electron chi connectivity index (χ3n) is 0.915. The summed E-state index contributed by atoms with van der Waals surface area (Å²) in [5.41, 5.74) is 5.25. The van der Waals surface area contributed by atoms with Crippen molar-refractivity contribution in [3.8, 4) is 0 Å². The fourth-order valence-corrected chi connectivity index (χ4v) is 0.673. The molecule has 0 saturated heterocycles. The van der Waals surface area contributed by atoms with Crippen molar-refractivity contribution in [3.05, 3.63) is 0 Å². The van der Waals surface area contributed by atoms with E-state index in [1.54, 1.807) is 0 Å². The van der Waals surface area contributed by atoms with Crippen LogP contribution in [0.3, 0.4) is 0 Å². The van der Waals surface area contributed by atoms with Crippen molar-refractivity contribution in [1.29, 1.82) is 0 Å². The predicted molar refractivity (Wildman–Crippen MR) is 42.9 cm³/mol. The molecule has 0 atom stereocenters. The molecule has 0 aliphatic carbocycles. The maximum atomic E-state index is 5.25. The van der Waals surface area contributed by atoms with E-state index < -0.39 is 0 Å². The van der Waals surface area contributed by atoms with Gasteiger partial charge in [-0.05, 0) is 19.4 Å². The molecule has 0 spiro atoms. The highest BCUT2D eigenvalue weighted by Gasteiger charge is 1.85. The zero-order valence-corrected chi connectivity index (χ0v) is 7.19. The summed E-state index contributed by atoms with van der Waals surface area (Å²) < 4.78 is 5.20. The molecule has 0 aromatic heterocycles. The molecule has 0 radical (unpaired) electrons. The SMILES string of the molecule is NCCCOCCCBr. The fraction of sp³-hybridized carbons (Fsp3) is 1.00. The van der Waals surface area contributed by atoms with Gasteiger partial charge < -0.3 is 10.5 Å². The Labute approximate surface area is 64.9 Å². The first-order valence-corrected chi connectivity index (χ1v) is 4.37. The molecule has 56 valence electrons. The minimum atomic E-state index is 0.730. The van der Waals surface area contributed by atoms with Gasteiger partial charge in [0.05, 0.1) is 0 Å². The maximum absolute atomic E-state index is 5.25. The second-order valence-corrected chi connectivity index (χ2v) is 2.59. The summed E-state index contributed by atoms with van der Waals surface area (Å²) >= 11 is 3.31. The van der Waals surface area contributed by atoms with Crippen LogP contribution in [0.5, 0.6) is 0 Å². The molecule has 3 heteroatoms. The Balaban J connectivity index is 2.60. The first kappa shape index (κ1) is 9.40. The van der Waals surface area contributed by atoms with Crippen molar-refractivity contribution in [2.45, 2.75) is 12.8 Å². The van der Waals surface area contributed by atoms with Crippen molar-refractivity contribution < 1.29 is 4.74 Å². The molecule has 0 aliphatic heterocycles. The Bertz CT molecular complexity index is 46.3. The van der Waals surface area contributed by atoms with Gasteiger partial charge in [-0.2, -0.15) is 0 Å². The lowest BCUT2D eigenvalue weighted by Crippen LogP contribution is -2.05. The number of rotatable bonds is 6. The van der Waals surface area contributed by atoms with Crippen LogP contribution in [0.4, 0.5) is 0 Å². The molecular weight excluding hydrogens is 182 g/mol. The summed E-state index contributed by atoms with van der Waals surface area (Å²) in [4.78, 5) is 0. The van der Waals surface area contributed by atoms with Crippen molar-refractivity contribution in [3.63, 3.8) is 0 Å². The molecule has 9 heavy (non-hydrogen) atoms. The lowest BCUT2D eigenvalue weighted by molar-refractivity contribution is 0.134. The van der Waals surface area contributed by atoms with Crippen molar-refractivity contribution in [1.82, 2.24) is 0 Å². The molecule has 0 fully saturated rings. The van der Waals surface area contributed by atoms with Gasteiger partial charge in [0.1, 0.15) is 0 Å². The van der Waals surface area contributed by atoms with Gasteiger partial charge in [0, 0.05) is 18.5 Å². The van der Waals surface area contributed by atoms with Crippen molar-refractivity contribution in [2.75, 3.05) is 25.1 Å². The molecule has 2 nitrogen and oxygen atoms in total. The number of hydrogen-bond donors (Lipinski definition) is 1. The van der Waals surface area contributed by atoms with E-state index in [4.69, 9.17) is 10.5 Å². The smallest absolute Gasteiger partial charge is 0.0478 e. The van der Waals surface area contributed by atoms with Gasteiger partial charge in [0.25, 0.3) is 0 Å². The molecule has 0 aromatic carbocycles. The monoisotopic (exact) mass is 195 g/mol. The molecule has 0 unspecified atom stereocenters. The van der Waals surface area contributed by atoms with E-state index in [0.717, 1.165) is 37.9 Å². The van der Waals surface area contributed by atoms with Crippen LogP contribution in [0, 0.1) is 0 Å². The van der Waals surface area contributed by atoms with Gasteiger partial charge in [-0.1, -0.05) is 15.9 Å². The molecule has 2 N–H and O–H groups in total. The van der Waals surface area contributed by atoms with Crippen LogP contribution < -0.4 is 5.73 Å². The summed E-state index contributed by atoms with van der Waals surface area (Å²) in [7, 11) is 0. The minimum absolute atomic E-state index is 0.730. The van der Waals surface area contributed by atoms with Gasteiger partial charge in [-0.15, -0.1) is 0 Å².